The molecule has 19 heavy (non-hydrogen) atoms. The van der Waals surface area contributed by atoms with E-state index in [-0.39, 0.29) is 0 Å². The van der Waals surface area contributed by atoms with Crippen LogP contribution in [0.4, 0.5) is 0 Å². The zero-order valence-electron chi connectivity index (χ0n) is 11.1. The van der Waals surface area contributed by atoms with Crippen LogP contribution in [-0.2, 0) is 13.6 Å². The molecule has 0 saturated carbocycles. The first-order valence-electron chi connectivity index (χ1n) is 5.96. The van der Waals surface area contributed by atoms with Crippen LogP contribution in [0.2, 0.25) is 0 Å². The monoisotopic (exact) mass is 301 g/mol. The van der Waals surface area contributed by atoms with E-state index in [1.54, 1.807) is 24.4 Å². The fraction of sp³-hybridized carbons (Fsp3) is 0.455. The van der Waals surface area contributed by atoms with E-state index in [0.717, 1.165) is 15.5 Å². The first-order valence-corrected chi connectivity index (χ1v) is 8.39. The molecule has 8 heteroatoms. The molecule has 0 bridgehead atoms. The molecule has 0 aromatic carbocycles. The Morgan fingerprint density at radius 1 is 1.42 bits per heavy atom. The highest BCUT2D eigenvalue weighted by Crippen LogP contribution is 2.50. The van der Waals surface area contributed by atoms with Crippen LogP contribution >= 0.6 is 18.9 Å². The molecular weight excluding hydrogens is 285 g/mol. The second-order valence-corrected chi connectivity index (χ2v) is 6.60. The Balaban J connectivity index is 2.27. The predicted octanol–water partition coefficient (Wildman–Crippen LogP) is 3.34. The van der Waals surface area contributed by atoms with Crippen molar-refractivity contribution in [2.45, 2.75) is 20.8 Å². The van der Waals surface area contributed by atoms with Crippen molar-refractivity contribution < 1.29 is 13.6 Å². The molecule has 0 atom stereocenters. The Morgan fingerprint density at radius 3 is 2.68 bits per heavy atom. The van der Waals surface area contributed by atoms with Crippen LogP contribution in [0.3, 0.4) is 0 Å². The first-order chi connectivity index (χ1) is 9.09. The summed E-state index contributed by atoms with van der Waals surface area (Å²) in [5.41, 5.74) is 0.952. The quantitative estimate of drug-likeness (QED) is 0.766. The summed E-state index contributed by atoms with van der Waals surface area (Å²) in [6.07, 6.45) is 3.26. The number of hydrogen-bond donors (Lipinski definition) is 0. The highest BCUT2D eigenvalue weighted by atomic mass is 32.1. The third-order valence-corrected chi connectivity index (χ3v) is 5.28. The summed E-state index contributed by atoms with van der Waals surface area (Å²) in [5.74, 6) is 1.50. The number of hydrogen-bond acceptors (Lipinski definition) is 6. The molecule has 2 rings (SSSR count). The van der Waals surface area contributed by atoms with Gasteiger partial charge in [-0.15, -0.1) is 0 Å². The lowest BCUT2D eigenvalue weighted by molar-refractivity contribution is 0.229. The minimum Gasteiger partial charge on any atom is -0.306 e. The van der Waals surface area contributed by atoms with Crippen molar-refractivity contribution >= 4 is 30.0 Å². The van der Waals surface area contributed by atoms with Crippen molar-refractivity contribution in [2.24, 2.45) is 0 Å². The Labute approximate surface area is 115 Å². The molecule has 2 aromatic heterocycles. The van der Waals surface area contributed by atoms with Gasteiger partial charge in [-0.3, -0.25) is 4.57 Å². The number of nitrogens with zero attached hydrogens (tertiary/aromatic N) is 3. The van der Waals surface area contributed by atoms with Crippen LogP contribution in [0.1, 0.15) is 24.4 Å². The minimum atomic E-state index is -3.15. The number of aromatic nitrogens is 3. The summed E-state index contributed by atoms with van der Waals surface area (Å²) in [4.78, 5) is 5.87. The zero-order chi connectivity index (χ0) is 13.9. The Bertz CT molecular complexity index is 624. The highest BCUT2D eigenvalue weighted by Gasteiger charge is 2.19. The van der Waals surface area contributed by atoms with Gasteiger partial charge < -0.3 is 9.05 Å². The largest absolute Gasteiger partial charge is 0.354 e. The summed E-state index contributed by atoms with van der Waals surface area (Å²) < 4.78 is 24.4. The average molecular weight is 301 g/mol. The summed E-state index contributed by atoms with van der Waals surface area (Å²) in [7, 11) is -3.15. The minimum absolute atomic E-state index is 0.343. The second kappa shape index (κ2) is 5.96. The molecule has 0 spiro atoms. The van der Waals surface area contributed by atoms with Gasteiger partial charge in [0.15, 0.2) is 0 Å². The molecule has 0 saturated heterocycles. The Hall–Kier alpha value is -1.01. The van der Waals surface area contributed by atoms with Gasteiger partial charge in [-0.2, -0.15) is 5.10 Å². The summed E-state index contributed by atoms with van der Waals surface area (Å²) in [6, 6.07) is 0. The molecule has 0 unspecified atom stereocenters. The Kier molecular flexibility index (Phi) is 4.52. The van der Waals surface area contributed by atoms with Crippen molar-refractivity contribution in [3.63, 3.8) is 0 Å². The van der Waals surface area contributed by atoms with E-state index in [9.17, 15) is 4.57 Å². The van der Waals surface area contributed by atoms with Gasteiger partial charge in [-0.05, 0) is 26.8 Å². The molecule has 0 fully saturated rings. The SMILES string of the molecule is CCOP(=O)(/C=C/c1sc2ncnn2c1C)OCC. The van der Waals surface area contributed by atoms with Gasteiger partial charge in [0, 0.05) is 5.82 Å². The van der Waals surface area contributed by atoms with E-state index in [4.69, 9.17) is 9.05 Å². The second-order valence-electron chi connectivity index (χ2n) is 3.70. The van der Waals surface area contributed by atoms with Gasteiger partial charge in [-0.1, -0.05) is 11.3 Å². The fourth-order valence-electron chi connectivity index (χ4n) is 1.60. The fourth-order valence-corrected chi connectivity index (χ4v) is 3.94. The molecule has 6 nitrogen and oxygen atoms in total. The zero-order valence-corrected chi connectivity index (χ0v) is 12.8. The van der Waals surface area contributed by atoms with Gasteiger partial charge >= 0.3 is 7.60 Å². The van der Waals surface area contributed by atoms with Crippen LogP contribution < -0.4 is 0 Å². The molecule has 2 aromatic rings. The van der Waals surface area contributed by atoms with Crippen LogP contribution in [0.15, 0.2) is 12.1 Å². The van der Waals surface area contributed by atoms with Crippen molar-refractivity contribution in [2.75, 3.05) is 13.2 Å². The third kappa shape index (κ3) is 3.12. The molecule has 0 N–H and O–H groups in total. The maximum atomic E-state index is 12.3. The summed E-state index contributed by atoms with van der Waals surface area (Å²) >= 11 is 1.48. The molecule has 2 heterocycles. The molecular formula is C11H16N3O3PS. The van der Waals surface area contributed by atoms with E-state index >= 15 is 0 Å². The molecule has 0 radical (unpaired) electrons. The Morgan fingerprint density at radius 2 is 2.11 bits per heavy atom. The van der Waals surface area contributed by atoms with E-state index in [1.807, 2.05) is 6.92 Å². The number of rotatable bonds is 6. The van der Waals surface area contributed by atoms with Gasteiger partial charge in [0.1, 0.15) is 6.33 Å². The van der Waals surface area contributed by atoms with Crippen LogP contribution in [-0.4, -0.2) is 27.8 Å². The van der Waals surface area contributed by atoms with Crippen molar-refractivity contribution in [1.82, 2.24) is 14.6 Å². The maximum Gasteiger partial charge on any atom is 0.354 e. The number of aryl methyl sites for hydroxylation is 1. The lowest BCUT2D eigenvalue weighted by atomic mass is 10.4. The van der Waals surface area contributed by atoms with Crippen LogP contribution in [0, 0.1) is 6.92 Å². The molecule has 0 aliphatic rings. The predicted molar refractivity (Wildman–Crippen MR) is 75.5 cm³/mol. The summed E-state index contributed by atoms with van der Waals surface area (Å²) in [6.45, 7) is 6.19. The topological polar surface area (TPSA) is 65.7 Å². The van der Waals surface area contributed by atoms with Crippen LogP contribution in [0.25, 0.3) is 11.0 Å². The van der Waals surface area contributed by atoms with Crippen molar-refractivity contribution in [3.8, 4) is 0 Å². The molecule has 0 aliphatic carbocycles. The van der Waals surface area contributed by atoms with Crippen LogP contribution in [0.5, 0.6) is 0 Å². The van der Waals surface area contributed by atoms with Gasteiger partial charge in [0.2, 0.25) is 4.96 Å². The van der Waals surface area contributed by atoms with E-state index in [1.165, 1.54) is 23.5 Å². The first kappa shape index (κ1) is 14.4. The smallest absolute Gasteiger partial charge is 0.306 e. The standard InChI is InChI=1S/C11H16N3O3PS/c1-4-16-18(15,17-5-2)7-6-10-9(3)14-11(19-10)12-8-13-14/h6-8H,4-5H2,1-3H3/b7-6+. The highest BCUT2D eigenvalue weighted by molar-refractivity contribution is 7.57. The lowest BCUT2D eigenvalue weighted by Crippen LogP contribution is -1.92. The van der Waals surface area contributed by atoms with E-state index < -0.39 is 7.60 Å². The van der Waals surface area contributed by atoms with Gasteiger partial charge in [-0.25, -0.2) is 9.50 Å². The third-order valence-electron chi connectivity index (χ3n) is 2.42. The van der Waals surface area contributed by atoms with Gasteiger partial charge in [0.25, 0.3) is 0 Å². The number of thiazole rings is 1. The molecule has 104 valence electrons. The van der Waals surface area contributed by atoms with Gasteiger partial charge in [0.05, 0.1) is 23.8 Å². The van der Waals surface area contributed by atoms with E-state index in [0.29, 0.717) is 13.2 Å². The number of fused-ring (bicyclic) bond motifs is 1. The normalized spacial score (nSPS) is 12.8. The lowest BCUT2D eigenvalue weighted by Gasteiger charge is -2.12. The van der Waals surface area contributed by atoms with Crippen molar-refractivity contribution in [3.05, 3.63) is 22.7 Å². The molecule has 0 aliphatic heterocycles. The molecule has 0 amide bonds. The maximum absolute atomic E-state index is 12.3. The summed E-state index contributed by atoms with van der Waals surface area (Å²) in [5, 5.41) is 4.11. The average Bonchev–Trinajstić information content (AvgIpc) is 2.92. The van der Waals surface area contributed by atoms with E-state index in [2.05, 4.69) is 10.1 Å². The van der Waals surface area contributed by atoms with Crippen molar-refractivity contribution in [1.29, 1.82) is 0 Å².